The normalized spacial score (nSPS) is 23.0. The van der Waals surface area contributed by atoms with Crippen molar-refractivity contribution in [3.8, 4) is 5.69 Å². The predicted octanol–water partition coefficient (Wildman–Crippen LogP) is 6.23. The molecule has 7 heteroatoms. The summed E-state index contributed by atoms with van der Waals surface area (Å²) in [5, 5.41) is 0.936. The van der Waals surface area contributed by atoms with E-state index in [9.17, 15) is 9.59 Å². The fraction of sp³-hybridized carbons (Fsp3) is 0.531. The second kappa shape index (κ2) is 10.4. The van der Waals surface area contributed by atoms with Gasteiger partial charge in [-0.1, -0.05) is 29.8 Å². The largest absolute Gasteiger partial charge is 0.466 e. The van der Waals surface area contributed by atoms with Gasteiger partial charge in [-0.3, -0.25) is 14.2 Å². The van der Waals surface area contributed by atoms with Crippen molar-refractivity contribution in [2.45, 2.75) is 70.6 Å². The van der Waals surface area contributed by atoms with E-state index in [1.807, 2.05) is 19.1 Å². The van der Waals surface area contributed by atoms with Crippen molar-refractivity contribution >= 4 is 28.5 Å². The smallest absolute Gasteiger partial charge is 0.308 e. The molecule has 0 amide bonds. The highest BCUT2D eigenvalue weighted by Gasteiger charge is 2.39. The van der Waals surface area contributed by atoms with Crippen molar-refractivity contribution in [2.24, 2.45) is 11.8 Å². The zero-order valence-electron chi connectivity index (χ0n) is 23.2. The lowest BCUT2D eigenvalue weighted by Gasteiger charge is -2.36. The molecule has 0 atom stereocenters. The van der Waals surface area contributed by atoms with E-state index in [1.165, 1.54) is 11.1 Å². The van der Waals surface area contributed by atoms with E-state index in [-0.39, 0.29) is 22.9 Å². The third-order valence-corrected chi connectivity index (χ3v) is 9.72. The van der Waals surface area contributed by atoms with E-state index in [0.717, 1.165) is 75.2 Å². The summed E-state index contributed by atoms with van der Waals surface area (Å²) in [7, 11) is 0. The molecule has 39 heavy (non-hydrogen) atoms. The van der Waals surface area contributed by atoms with E-state index in [1.54, 1.807) is 6.07 Å². The van der Waals surface area contributed by atoms with Gasteiger partial charge in [0.15, 0.2) is 0 Å². The highest BCUT2D eigenvalue weighted by molar-refractivity contribution is 6.35. The van der Waals surface area contributed by atoms with Gasteiger partial charge in [0.25, 0.3) is 5.56 Å². The molecule has 2 aliphatic heterocycles. The summed E-state index contributed by atoms with van der Waals surface area (Å²) < 4.78 is 7.39. The maximum Gasteiger partial charge on any atom is 0.308 e. The van der Waals surface area contributed by atoms with Crippen LogP contribution in [0.25, 0.3) is 16.6 Å². The molecule has 2 fully saturated rings. The SMILES string of the molecule is CCOC(=O)C1CCC(CN2CCC(c3ccc4c(c3)-n3c(nc(=O)c5c(Cl)cccc53)C4(C)C)CC2)CC1. The van der Waals surface area contributed by atoms with Gasteiger partial charge in [-0.25, -0.2) is 0 Å². The Morgan fingerprint density at radius 3 is 2.54 bits per heavy atom. The van der Waals surface area contributed by atoms with Gasteiger partial charge in [0.2, 0.25) is 0 Å². The number of benzene rings is 2. The number of likely N-dealkylation sites (tertiary alicyclic amines) is 1. The Labute approximate surface area is 235 Å². The van der Waals surface area contributed by atoms with E-state index < -0.39 is 0 Å². The second-order valence-electron chi connectivity index (χ2n) is 12.2. The van der Waals surface area contributed by atoms with Gasteiger partial charge < -0.3 is 9.64 Å². The molecular weight excluding hydrogens is 510 g/mol. The zero-order chi connectivity index (χ0) is 27.3. The average molecular weight is 548 g/mol. The lowest BCUT2D eigenvalue weighted by molar-refractivity contribution is -0.149. The van der Waals surface area contributed by atoms with Crippen LogP contribution in [0.3, 0.4) is 0 Å². The summed E-state index contributed by atoms with van der Waals surface area (Å²) >= 11 is 6.45. The van der Waals surface area contributed by atoms with Gasteiger partial charge in [0.05, 0.1) is 39.6 Å². The highest BCUT2D eigenvalue weighted by atomic mass is 35.5. The fourth-order valence-electron chi connectivity index (χ4n) is 7.18. The number of halogens is 1. The van der Waals surface area contributed by atoms with Gasteiger partial charge in [-0.2, -0.15) is 4.98 Å². The van der Waals surface area contributed by atoms with Crippen LogP contribution in [0.1, 0.15) is 82.2 Å². The molecule has 0 N–H and O–H groups in total. The van der Waals surface area contributed by atoms with Crippen LogP contribution in [-0.4, -0.2) is 46.7 Å². The number of carbonyl (C=O) groups excluding carboxylic acids is 1. The predicted molar refractivity (Wildman–Crippen MR) is 155 cm³/mol. The number of hydrogen-bond acceptors (Lipinski definition) is 5. The van der Waals surface area contributed by atoms with Crippen LogP contribution in [0.5, 0.6) is 0 Å². The van der Waals surface area contributed by atoms with Crippen molar-refractivity contribution in [2.75, 3.05) is 26.2 Å². The highest BCUT2D eigenvalue weighted by Crippen LogP contribution is 2.44. The molecule has 6 rings (SSSR count). The summed E-state index contributed by atoms with van der Waals surface area (Å²) in [6, 6.07) is 12.5. The summed E-state index contributed by atoms with van der Waals surface area (Å²) in [5.74, 6) is 2.07. The Hall–Kier alpha value is -2.70. The number of hydrogen-bond donors (Lipinski definition) is 0. The Kier molecular flexibility index (Phi) is 7.05. The molecule has 3 aliphatic rings. The Morgan fingerprint density at radius 2 is 1.82 bits per heavy atom. The van der Waals surface area contributed by atoms with E-state index in [0.29, 0.717) is 28.9 Å². The number of aromatic nitrogens is 2. The summed E-state index contributed by atoms with van der Waals surface area (Å²) in [5.41, 5.74) is 3.88. The summed E-state index contributed by atoms with van der Waals surface area (Å²) in [6.07, 6.45) is 6.46. The minimum atomic E-state index is -0.362. The molecule has 1 aliphatic carbocycles. The van der Waals surface area contributed by atoms with Crippen LogP contribution in [0.2, 0.25) is 5.02 Å². The zero-order valence-corrected chi connectivity index (χ0v) is 24.0. The number of piperidine rings is 1. The van der Waals surface area contributed by atoms with Crippen molar-refractivity contribution in [1.29, 1.82) is 0 Å². The molecule has 3 aromatic rings. The first-order valence-corrected chi connectivity index (χ1v) is 14.9. The summed E-state index contributed by atoms with van der Waals surface area (Å²) in [6.45, 7) is 10.00. The molecule has 0 radical (unpaired) electrons. The van der Waals surface area contributed by atoms with Crippen LogP contribution in [0.15, 0.2) is 41.2 Å². The number of rotatable bonds is 5. The van der Waals surface area contributed by atoms with Gasteiger partial charge in [0.1, 0.15) is 5.82 Å². The van der Waals surface area contributed by atoms with Crippen molar-refractivity contribution < 1.29 is 9.53 Å². The lowest BCUT2D eigenvalue weighted by Crippen LogP contribution is -2.38. The monoisotopic (exact) mass is 547 g/mol. The second-order valence-corrected chi connectivity index (χ2v) is 12.6. The Bertz CT molecular complexity index is 1460. The van der Waals surface area contributed by atoms with Crippen LogP contribution in [0.4, 0.5) is 0 Å². The van der Waals surface area contributed by atoms with Gasteiger partial charge in [-0.15, -0.1) is 0 Å². The first-order chi connectivity index (χ1) is 18.8. The lowest BCUT2D eigenvalue weighted by atomic mass is 9.81. The molecule has 0 spiro atoms. The van der Waals surface area contributed by atoms with Crippen LogP contribution in [0, 0.1) is 11.8 Å². The molecule has 2 aromatic carbocycles. The standard InChI is InChI=1S/C32H38ClN3O3/c1-4-39-30(38)22-10-8-20(9-11-22)19-35-16-14-21(15-17-35)23-12-13-24-27(18-23)36-26-7-5-6-25(33)28(26)29(37)34-31(36)32(24,2)3/h5-7,12-13,18,20-22H,4,8-11,14-17,19H2,1-3H3. The number of fused-ring (bicyclic) bond motifs is 5. The minimum absolute atomic E-state index is 0.00405. The quantitative estimate of drug-likeness (QED) is 0.354. The molecular formula is C32H38ClN3O3. The average Bonchev–Trinajstić information content (AvgIpc) is 3.15. The molecule has 6 nitrogen and oxygen atoms in total. The van der Waals surface area contributed by atoms with Gasteiger partial charge in [0, 0.05) is 6.54 Å². The molecule has 3 heterocycles. The number of ether oxygens (including phenoxy) is 1. The third-order valence-electron chi connectivity index (χ3n) is 9.40. The summed E-state index contributed by atoms with van der Waals surface area (Å²) in [4.78, 5) is 32.2. The molecule has 1 saturated carbocycles. The topological polar surface area (TPSA) is 64.4 Å². The molecule has 1 saturated heterocycles. The minimum Gasteiger partial charge on any atom is -0.466 e. The molecule has 1 aromatic heterocycles. The molecule has 0 bridgehead atoms. The molecule has 206 valence electrons. The van der Waals surface area contributed by atoms with Crippen molar-refractivity contribution in [3.05, 3.63) is 68.7 Å². The van der Waals surface area contributed by atoms with Crippen molar-refractivity contribution in [1.82, 2.24) is 14.5 Å². The first kappa shape index (κ1) is 26.5. The van der Waals surface area contributed by atoms with Gasteiger partial charge >= 0.3 is 5.97 Å². The van der Waals surface area contributed by atoms with Crippen LogP contribution in [-0.2, 0) is 14.9 Å². The number of carbonyl (C=O) groups is 1. The Balaban J connectivity index is 1.17. The van der Waals surface area contributed by atoms with Crippen LogP contribution < -0.4 is 5.56 Å². The number of nitrogens with zero attached hydrogens (tertiary/aromatic N) is 3. The van der Waals surface area contributed by atoms with Gasteiger partial charge in [-0.05, 0) is 114 Å². The van der Waals surface area contributed by atoms with E-state index in [4.69, 9.17) is 16.3 Å². The van der Waals surface area contributed by atoms with E-state index in [2.05, 4.69) is 46.5 Å². The first-order valence-electron chi connectivity index (χ1n) is 14.5. The maximum atomic E-state index is 12.9. The Morgan fingerprint density at radius 1 is 1.08 bits per heavy atom. The maximum absolute atomic E-state index is 12.9. The fourth-order valence-corrected chi connectivity index (χ4v) is 7.43. The van der Waals surface area contributed by atoms with Crippen LogP contribution >= 0.6 is 11.6 Å². The van der Waals surface area contributed by atoms with E-state index >= 15 is 0 Å². The van der Waals surface area contributed by atoms with Crippen molar-refractivity contribution in [3.63, 3.8) is 0 Å². The molecule has 0 unspecified atom stereocenters. The third kappa shape index (κ3) is 4.70. The number of esters is 1.